The molecule has 0 saturated carbocycles. The molecule has 23 heavy (non-hydrogen) atoms. The van der Waals surface area contributed by atoms with E-state index in [0.29, 0.717) is 16.4 Å². The highest BCUT2D eigenvalue weighted by molar-refractivity contribution is 6.33. The zero-order valence-electron chi connectivity index (χ0n) is 13.0. The largest absolute Gasteiger partial charge is 0.452 e. The summed E-state index contributed by atoms with van der Waals surface area (Å²) >= 11 is 5.79. The lowest BCUT2D eigenvalue weighted by molar-refractivity contribution is -0.119. The number of aryl methyl sites for hydroxylation is 2. The number of nitrogens with two attached hydrogens (primary N) is 1. The molecule has 1 amide bonds. The summed E-state index contributed by atoms with van der Waals surface area (Å²) in [6.07, 6.45) is 0. The highest BCUT2D eigenvalue weighted by Crippen LogP contribution is 2.20. The molecule has 0 saturated heterocycles. The van der Waals surface area contributed by atoms with Crippen molar-refractivity contribution in [2.24, 2.45) is 7.05 Å². The maximum atomic E-state index is 11.9. The lowest BCUT2D eigenvalue weighted by atomic mass is 10.2. The number of ether oxygens (including phenoxy) is 1. The molecule has 8 heteroatoms. The Bertz CT molecular complexity index is 770. The highest BCUT2D eigenvalue weighted by atomic mass is 35.5. The number of nitrogens with one attached hydrogen (secondary N) is 1. The van der Waals surface area contributed by atoms with Gasteiger partial charge in [0.05, 0.1) is 33.3 Å². The highest BCUT2D eigenvalue weighted by Gasteiger charge is 2.15. The van der Waals surface area contributed by atoms with Crippen LogP contribution in [0.1, 0.15) is 21.7 Å². The second-order valence-electron chi connectivity index (χ2n) is 5.03. The number of carbonyl (C=O) groups is 2. The summed E-state index contributed by atoms with van der Waals surface area (Å²) in [7, 11) is 1.78. The summed E-state index contributed by atoms with van der Waals surface area (Å²) in [5, 5.41) is 7.22. The van der Waals surface area contributed by atoms with Crippen molar-refractivity contribution in [1.82, 2.24) is 9.78 Å². The maximum absolute atomic E-state index is 11.9. The number of benzene rings is 1. The second kappa shape index (κ2) is 6.70. The number of amides is 1. The predicted octanol–water partition coefficient (Wildman–Crippen LogP) is 2.07. The molecule has 1 aromatic heterocycles. The van der Waals surface area contributed by atoms with Crippen molar-refractivity contribution >= 4 is 34.9 Å². The van der Waals surface area contributed by atoms with Crippen molar-refractivity contribution in [1.29, 1.82) is 0 Å². The van der Waals surface area contributed by atoms with E-state index in [-0.39, 0.29) is 11.3 Å². The van der Waals surface area contributed by atoms with Gasteiger partial charge in [0.25, 0.3) is 5.91 Å². The SMILES string of the molecule is Cc1nn(C)c(C)c1NC(=O)COC(=O)c1ccc(Cl)c(N)c1. The van der Waals surface area contributed by atoms with E-state index in [9.17, 15) is 9.59 Å². The number of rotatable bonds is 4. The van der Waals surface area contributed by atoms with Gasteiger partial charge in [-0.05, 0) is 32.0 Å². The van der Waals surface area contributed by atoms with E-state index in [4.69, 9.17) is 22.1 Å². The molecule has 0 fully saturated rings. The van der Waals surface area contributed by atoms with Gasteiger partial charge in [-0.2, -0.15) is 5.10 Å². The van der Waals surface area contributed by atoms with Crippen LogP contribution in [0.4, 0.5) is 11.4 Å². The van der Waals surface area contributed by atoms with Crippen molar-refractivity contribution in [3.8, 4) is 0 Å². The van der Waals surface area contributed by atoms with Crippen LogP contribution in [0.25, 0.3) is 0 Å². The fraction of sp³-hybridized carbons (Fsp3) is 0.267. The number of esters is 1. The second-order valence-corrected chi connectivity index (χ2v) is 5.44. The number of nitrogens with zero attached hydrogens (tertiary/aromatic N) is 2. The summed E-state index contributed by atoms with van der Waals surface area (Å²) < 4.78 is 6.63. The molecular weight excluding hydrogens is 320 g/mol. The smallest absolute Gasteiger partial charge is 0.338 e. The van der Waals surface area contributed by atoms with Gasteiger partial charge in [0.2, 0.25) is 0 Å². The minimum atomic E-state index is -0.650. The van der Waals surface area contributed by atoms with Crippen LogP contribution < -0.4 is 11.1 Å². The van der Waals surface area contributed by atoms with Gasteiger partial charge in [-0.25, -0.2) is 4.79 Å². The third-order valence-corrected chi connectivity index (χ3v) is 3.68. The number of hydrogen-bond donors (Lipinski definition) is 2. The van der Waals surface area contributed by atoms with Gasteiger partial charge in [-0.15, -0.1) is 0 Å². The van der Waals surface area contributed by atoms with E-state index in [0.717, 1.165) is 5.69 Å². The van der Waals surface area contributed by atoms with Gasteiger partial charge in [0.1, 0.15) is 0 Å². The Labute approximate surface area is 138 Å². The molecule has 0 spiro atoms. The zero-order valence-corrected chi connectivity index (χ0v) is 13.8. The summed E-state index contributed by atoms with van der Waals surface area (Å²) in [5.74, 6) is -1.09. The first-order valence-electron chi connectivity index (χ1n) is 6.81. The Hall–Kier alpha value is -2.54. The third kappa shape index (κ3) is 3.81. The van der Waals surface area contributed by atoms with Crippen LogP contribution in [-0.2, 0) is 16.6 Å². The van der Waals surface area contributed by atoms with E-state index >= 15 is 0 Å². The normalized spacial score (nSPS) is 10.4. The summed E-state index contributed by atoms with van der Waals surface area (Å²) in [6, 6.07) is 4.38. The lowest BCUT2D eigenvalue weighted by Gasteiger charge is -2.08. The van der Waals surface area contributed by atoms with Crippen LogP contribution in [0.2, 0.25) is 5.02 Å². The summed E-state index contributed by atoms with van der Waals surface area (Å²) in [5.41, 5.74) is 8.24. The van der Waals surface area contributed by atoms with Gasteiger partial charge in [0, 0.05) is 7.05 Å². The molecule has 0 radical (unpaired) electrons. The molecule has 0 aliphatic carbocycles. The molecule has 2 rings (SSSR count). The van der Waals surface area contributed by atoms with Gasteiger partial charge in [-0.3, -0.25) is 9.48 Å². The minimum Gasteiger partial charge on any atom is -0.452 e. The molecule has 0 aliphatic heterocycles. The first kappa shape index (κ1) is 16.8. The average Bonchev–Trinajstić information content (AvgIpc) is 2.74. The monoisotopic (exact) mass is 336 g/mol. The van der Waals surface area contributed by atoms with Crippen LogP contribution in [0.3, 0.4) is 0 Å². The molecule has 0 aliphatic rings. The zero-order chi connectivity index (χ0) is 17.1. The molecule has 2 aromatic rings. The number of carbonyl (C=O) groups excluding carboxylic acids is 2. The van der Waals surface area contributed by atoms with Crippen LogP contribution >= 0.6 is 11.6 Å². The standard InChI is InChI=1S/C15H17ClN4O3/c1-8-14(9(2)20(3)19-8)18-13(21)7-23-15(22)10-4-5-11(16)12(17)6-10/h4-6H,7,17H2,1-3H3,(H,18,21). The molecule has 0 bridgehead atoms. The number of aromatic nitrogens is 2. The number of halogens is 1. The van der Waals surface area contributed by atoms with Crippen LogP contribution in [0.15, 0.2) is 18.2 Å². The number of hydrogen-bond acceptors (Lipinski definition) is 5. The molecule has 1 aromatic carbocycles. The number of nitrogen functional groups attached to an aromatic ring is 1. The van der Waals surface area contributed by atoms with Gasteiger partial charge < -0.3 is 15.8 Å². The van der Waals surface area contributed by atoms with Crippen molar-refractivity contribution in [3.63, 3.8) is 0 Å². The van der Waals surface area contributed by atoms with Crippen LogP contribution in [0, 0.1) is 13.8 Å². The van der Waals surface area contributed by atoms with E-state index < -0.39 is 18.5 Å². The Morgan fingerprint density at radius 1 is 1.39 bits per heavy atom. The topological polar surface area (TPSA) is 99.2 Å². The first-order chi connectivity index (χ1) is 10.8. The average molecular weight is 337 g/mol. The fourth-order valence-electron chi connectivity index (χ4n) is 2.02. The summed E-state index contributed by atoms with van der Waals surface area (Å²) in [6.45, 7) is 3.21. The van der Waals surface area contributed by atoms with E-state index in [1.807, 2.05) is 6.92 Å². The van der Waals surface area contributed by atoms with E-state index in [1.54, 1.807) is 18.7 Å². The van der Waals surface area contributed by atoms with Crippen LogP contribution in [0.5, 0.6) is 0 Å². The van der Waals surface area contributed by atoms with Crippen molar-refractivity contribution < 1.29 is 14.3 Å². The Balaban J connectivity index is 1.96. The van der Waals surface area contributed by atoms with Gasteiger partial charge in [-0.1, -0.05) is 11.6 Å². The predicted molar refractivity (Wildman–Crippen MR) is 87.5 cm³/mol. The summed E-state index contributed by atoms with van der Waals surface area (Å²) in [4.78, 5) is 23.8. The third-order valence-electron chi connectivity index (χ3n) is 3.34. The maximum Gasteiger partial charge on any atom is 0.338 e. The van der Waals surface area contributed by atoms with E-state index in [2.05, 4.69) is 10.4 Å². The van der Waals surface area contributed by atoms with Crippen molar-refractivity contribution in [2.45, 2.75) is 13.8 Å². The molecule has 0 atom stereocenters. The Morgan fingerprint density at radius 2 is 2.09 bits per heavy atom. The molecule has 7 nitrogen and oxygen atoms in total. The van der Waals surface area contributed by atoms with Gasteiger partial charge in [0.15, 0.2) is 6.61 Å². The molecular formula is C15H17ClN4O3. The minimum absolute atomic E-state index is 0.230. The fourth-order valence-corrected chi connectivity index (χ4v) is 2.13. The lowest BCUT2D eigenvalue weighted by Crippen LogP contribution is -2.21. The molecule has 122 valence electrons. The Kier molecular flexibility index (Phi) is 4.90. The number of anilines is 2. The Morgan fingerprint density at radius 3 is 2.65 bits per heavy atom. The van der Waals surface area contributed by atoms with E-state index in [1.165, 1.54) is 18.2 Å². The van der Waals surface area contributed by atoms with Crippen molar-refractivity contribution in [2.75, 3.05) is 17.7 Å². The quantitative estimate of drug-likeness (QED) is 0.657. The van der Waals surface area contributed by atoms with Gasteiger partial charge >= 0.3 is 5.97 Å². The molecule has 3 N–H and O–H groups in total. The first-order valence-corrected chi connectivity index (χ1v) is 7.19. The molecule has 1 heterocycles. The molecule has 0 unspecified atom stereocenters. The van der Waals surface area contributed by atoms with Crippen LogP contribution in [-0.4, -0.2) is 28.3 Å². The van der Waals surface area contributed by atoms with Crippen molar-refractivity contribution in [3.05, 3.63) is 40.2 Å².